The minimum atomic E-state index is -0.671. The van der Waals surface area contributed by atoms with Crippen LogP contribution in [0.1, 0.15) is 28.0 Å². The van der Waals surface area contributed by atoms with Gasteiger partial charge in [-0.3, -0.25) is 14.4 Å². The van der Waals surface area contributed by atoms with Crippen LogP contribution in [-0.2, 0) is 16.1 Å². The van der Waals surface area contributed by atoms with Gasteiger partial charge < -0.3 is 20.5 Å². The fraction of sp³-hybridized carbons (Fsp3) is 0.200. The Morgan fingerprint density at radius 1 is 1.24 bits per heavy atom. The third-order valence-electron chi connectivity index (χ3n) is 5.59. The zero-order chi connectivity index (χ0) is 23.5. The molecule has 0 saturated carbocycles. The van der Waals surface area contributed by atoms with E-state index in [4.69, 9.17) is 12.2 Å². The normalized spacial score (nSPS) is 15.3. The predicted octanol–water partition coefficient (Wildman–Crippen LogP) is 2.22. The van der Waals surface area contributed by atoms with Gasteiger partial charge in [-0.2, -0.15) is 0 Å². The number of fused-ring (bicyclic) bond motifs is 1. The molecule has 0 bridgehead atoms. The first-order valence-electron chi connectivity index (χ1n) is 10.5. The molecule has 3 N–H and O–H groups in total. The van der Waals surface area contributed by atoms with Crippen molar-refractivity contribution in [3.63, 3.8) is 0 Å². The summed E-state index contributed by atoms with van der Waals surface area (Å²) in [7, 11) is 0. The maximum atomic E-state index is 13.3. The van der Waals surface area contributed by atoms with E-state index >= 15 is 0 Å². The van der Waals surface area contributed by atoms with Crippen LogP contribution in [0.2, 0.25) is 0 Å². The number of primary amides is 1. The molecule has 1 aliphatic heterocycles. The number of aromatic nitrogens is 2. The fourth-order valence-corrected chi connectivity index (χ4v) is 3.96. The molecule has 3 aromatic rings. The Labute approximate surface area is 191 Å². The summed E-state index contributed by atoms with van der Waals surface area (Å²) in [5, 5.41) is 3.39. The molecule has 0 aliphatic carbocycles. The minimum Gasteiger partial charge on any atom is -0.366 e. The maximum Gasteiger partial charge on any atom is 0.250 e. The Morgan fingerprint density at radius 2 is 2.06 bits per heavy atom. The lowest BCUT2D eigenvalue weighted by atomic mass is 10.1. The Hall–Kier alpha value is -4.38. The molecule has 3 amide bonds. The van der Waals surface area contributed by atoms with Crippen LogP contribution in [0.15, 0.2) is 54.7 Å². The standard InChI is InChI=1S/C25H23N5O3/c1-3-17-10-11-20-18(13-17)19(24(26)32)14-29(20)15-23(31)30-12-5-4-8-21(30)25(33)28-22-9-6-7-16(2)27-22/h1,4-7,9-11,13-14,21H,8,12,15H2,2H3,(H2,26,32)(H,27,28,33)/t21-/m0/s1. The lowest BCUT2D eigenvalue weighted by Crippen LogP contribution is -2.49. The molecule has 1 atom stereocenters. The lowest BCUT2D eigenvalue weighted by Gasteiger charge is -2.32. The molecule has 0 unspecified atom stereocenters. The summed E-state index contributed by atoms with van der Waals surface area (Å²) in [6.07, 6.45) is 11.2. The largest absolute Gasteiger partial charge is 0.366 e. The van der Waals surface area contributed by atoms with Gasteiger partial charge in [0.25, 0.3) is 5.91 Å². The van der Waals surface area contributed by atoms with Crippen molar-refractivity contribution in [3.05, 3.63) is 71.6 Å². The SMILES string of the molecule is C#Cc1ccc2c(c1)c(C(N)=O)cn2CC(=O)N1CC=CC[C@H]1C(=O)Nc1cccc(C)n1. The molecular weight excluding hydrogens is 418 g/mol. The molecule has 4 rings (SSSR count). The van der Waals surface area contributed by atoms with Gasteiger partial charge in [0.2, 0.25) is 11.8 Å². The van der Waals surface area contributed by atoms with E-state index in [9.17, 15) is 14.4 Å². The Morgan fingerprint density at radius 3 is 2.79 bits per heavy atom. The van der Waals surface area contributed by atoms with Crippen molar-refractivity contribution < 1.29 is 14.4 Å². The number of hydrogen-bond acceptors (Lipinski definition) is 4. The van der Waals surface area contributed by atoms with Crippen molar-refractivity contribution in [2.24, 2.45) is 5.73 Å². The first-order valence-corrected chi connectivity index (χ1v) is 10.5. The predicted molar refractivity (Wildman–Crippen MR) is 125 cm³/mol. The number of nitrogens with two attached hydrogens (primary N) is 1. The molecule has 2 aromatic heterocycles. The van der Waals surface area contributed by atoms with E-state index in [1.54, 1.807) is 41.1 Å². The number of carbonyl (C=O) groups is 3. The number of nitrogens with one attached hydrogen (secondary N) is 1. The second kappa shape index (κ2) is 9.01. The van der Waals surface area contributed by atoms with E-state index in [-0.39, 0.29) is 23.9 Å². The molecular formula is C25H23N5O3. The van der Waals surface area contributed by atoms with E-state index in [2.05, 4.69) is 16.2 Å². The summed E-state index contributed by atoms with van der Waals surface area (Å²) < 4.78 is 1.66. The van der Waals surface area contributed by atoms with E-state index in [1.807, 2.05) is 25.1 Å². The van der Waals surface area contributed by atoms with Crippen LogP contribution >= 0.6 is 0 Å². The van der Waals surface area contributed by atoms with Crippen molar-refractivity contribution in [1.29, 1.82) is 0 Å². The highest BCUT2D eigenvalue weighted by molar-refractivity contribution is 6.07. The summed E-state index contributed by atoms with van der Waals surface area (Å²) in [6, 6.07) is 9.87. The van der Waals surface area contributed by atoms with Crippen LogP contribution in [0.25, 0.3) is 10.9 Å². The van der Waals surface area contributed by atoms with E-state index in [0.29, 0.717) is 35.2 Å². The fourth-order valence-electron chi connectivity index (χ4n) is 3.96. The van der Waals surface area contributed by atoms with Gasteiger partial charge in [-0.25, -0.2) is 4.98 Å². The second-order valence-corrected chi connectivity index (χ2v) is 7.83. The van der Waals surface area contributed by atoms with Gasteiger partial charge in [-0.1, -0.05) is 24.1 Å². The van der Waals surface area contributed by atoms with Gasteiger partial charge >= 0.3 is 0 Å². The van der Waals surface area contributed by atoms with Gasteiger partial charge in [0, 0.05) is 34.9 Å². The average Bonchev–Trinajstić information content (AvgIpc) is 3.16. The van der Waals surface area contributed by atoms with Gasteiger partial charge in [0.1, 0.15) is 18.4 Å². The number of amides is 3. The molecule has 33 heavy (non-hydrogen) atoms. The van der Waals surface area contributed by atoms with Crippen molar-refractivity contribution in [1.82, 2.24) is 14.5 Å². The third-order valence-corrected chi connectivity index (χ3v) is 5.59. The molecule has 3 heterocycles. The number of anilines is 1. The van der Waals surface area contributed by atoms with E-state index in [0.717, 1.165) is 5.69 Å². The Bertz CT molecular complexity index is 1330. The van der Waals surface area contributed by atoms with Gasteiger partial charge in [0.05, 0.1) is 5.56 Å². The van der Waals surface area contributed by atoms with Crippen LogP contribution in [0.4, 0.5) is 5.82 Å². The summed E-state index contributed by atoms with van der Waals surface area (Å²) in [6.45, 7) is 2.09. The van der Waals surface area contributed by atoms with E-state index in [1.165, 1.54) is 4.90 Å². The molecule has 8 nitrogen and oxygen atoms in total. The number of terminal acetylenes is 1. The molecule has 166 valence electrons. The van der Waals surface area contributed by atoms with Crippen molar-refractivity contribution in [2.75, 3.05) is 11.9 Å². The van der Waals surface area contributed by atoms with Gasteiger partial charge in [0.15, 0.2) is 0 Å². The third kappa shape index (κ3) is 4.48. The van der Waals surface area contributed by atoms with Crippen LogP contribution in [0, 0.1) is 19.3 Å². The summed E-state index contributed by atoms with van der Waals surface area (Å²) in [4.78, 5) is 44.0. The van der Waals surface area contributed by atoms with Crippen LogP contribution < -0.4 is 11.1 Å². The average molecular weight is 441 g/mol. The quantitative estimate of drug-likeness (QED) is 0.467. The van der Waals surface area contributed by atoms with Crippen LogP contribution in [-0.4, -0.2) is 44.8 Å². The highest BCUT2D eigenvalue weighted by Gasteiger charge is 2.31. The first kappa shape index (κ1) is 21.8. The van der Waals surface area contributed by atoms with Crippen molar-refractivity contribution in [3.8, 4) is 12.3 Å². The molecule has 0 spiro atoms. The van der Waals surface area contributed by atoms with Gasteiger partial charge in [-0.05, 0) is 43.7 Å². The molecule has 1 aromatic carbocycles. The topological polar surface area (TPSA) is 110 Å². The summed E-state index contributed by atoms with van der Waals surface area (Å²) in [5.74, 6) is 1.80. The molecule has 8 heteroatoms. The molecule has 0 saturated heterocycles. The zero-order valence-corrected chi connectivity index (χ0v) is 18.1. The van der Waals surface area contributed by atoms with Crippen LogP contribution in [0.3, 0.4) is 0 Å². The molecule has 0 radical (unpaired) electrons. The highest BCUT2D eigenvalue weighted by Crippen LogP contribution is 2.24. The second-order valence-electron chi connectivity index (χ2n) is 7.83. The van der Waals surface area contributed by atoms with Gasteiger partial charge in [-0.15, -0.1) is 6.42 Å². The lowest BCUT2D eigenvalue weighted by molar-refractivity contribution is -0.138. The number of aryl methyl sites for hydroxylation is 1. The smallest absolute Gasteiger partial charge is 0.250 e. The Balaban J connectivity index is 1.58. The van der Waals surface area contributed by atoms with E-state index < -0.39 is 11.9 Å². The number of hydrogen-bond donors (Lipinski definition) is 2. The molecule has 0 fully saturated rings. The minimum absolute atomic E-state index is 0.0561. The van der Waals surface area contributed by atoms with Crippen molar-refractivity contribution in [2.45, 2.75) is 25.9 Å². The number of pyridine rings is 1. The zero-order valence-electron chi connectivity index (χ0n) is 18.1. The number of rotatable bonds is 5. The highest BCUT2D eigenvalue weighted by atomic mass is 16.2. The number of nitrogens with zero attached hydrogens (tertiary/aromatic N) is 3. The summed E-state index contributed by atoms with van der Waals surface area (Å²) >= 11 is 0. The maximum absolute atomic E-state index is 13.3. The first-order chi connectivity index (χ1) is 15.9. The Kier molecular flexibility index (Phi) is 5.96. The summed E-state index contributed by atoms with van der Waals surface area (Å²) in [5.41, 5.74) is 7.87. The molecule has 1 aliphatic rings. The monoisotopic (exact) mass is 441 g/mol. The number of carbonyl (C=O) groups excluding carboxylic acids is 3. The van der Waals surface area contributed by atoms with Crippen LogP contribution in [0.5, 0.6) is 0 Å². The van der Waals surface area contributed by atoms with Crippen molar-refractivity contribution >= 4 is 34.4 Å². The number of benzene rings is 1.